The number of primary amides is 1. The summed E-state index contributed by atoms with van der Waals surface area (Å²) in [6, 6.07) is 0.229. The zero-order valence-corrected chi connectivity index (χ0v) is 13.0. The summed E-state index contributed by atoms with van der Waals surface area (Å²) in [7, 11) is 0. The van der Waals surface area contributed by atoms with Crippen LogP contribution in [0.15, 0.2) is 0 Å². The summed E-state index contributed by atoms with van der Waals surface area (Å²) in [6.45, 7) is 6.02. The highest BCUT2D eigenvalue weighted by atomic mass is 16.6. The third-order valence-electron chi connectivity index (χ3n) is 4.37. The Morgan fingerprint density at radius 3 is 2.77 bits per heavy atom. The van der Waals surface area contributed by atoms with Crippen molar-refractivity contribution in [1.82, 2.24) is 10.2 Å². The van der Waals surface area contributed by atoms with Gasteiger partial charge in [-0.3, -0.25) is 20.3 Å². The molecule has 3 N–H and O–H groups in total. The molecule has 1 amide bonds. The van der Waals surface area contributed by atoms with Crippen molar-refractivity contribution >= 4 is 6.09 Å². The largest absolute Gasteiger partial charge is 0.441 e. The lowest BCUT2D eigenvalue weighted by Crippen LogP contribution is -2.59. The maximum absolute atomic E-state index is 11.0. The van der Waals surface area contributed by atoms with E-state index >= 15 is 0 Å². The van der Waals surface area contributed by atoms with Gasteiger partial charge in [0.2, 0.25) is 0 Å². The Kier molecular flexibility index (Phi) is 5.20. The highest BCUT2D eigenvalue weighted by molar-refractivity contribution is 5.65. The molecule has 0 aromatic rings. The maximum Gasteiger partial charge on any atom is 0.405 e. The quantitative estimate of drug-likeness (QED) is 0.549. The molecule has 0 aliphatic carbocycles. The number of nitrogens with one attached hydrogen (secondary N) is 1. The molecule has 126 valence electrons. The van der Waals surface area contributed by atoms with Crippen LogP contribution in [0.3, 0.4) is 0 Å². The Bertz CT molecular complexity index is 423. The van der Waals surface area contributed by atoms with Gasteiger partial charge in [-0.15, -0.1) is 0 Å². The molecule has 2 saturated heterocycles. The Morgan fingerprint density at radius 1 is 1.50 bits per heavy atom. The molecule has 0 aromatic heterocycles. The van der Waals surface area contributed by atoms with Crippen LogP contribution in [0, 0.1) is 10.1 Å². The fraction of sp³-hybridized carbons (Fsp3) is 0.923. The topological polar surface area (TPSA) is 120 Å². The number of nitrogens with zero attached hydrogens (tertiary/aromatic N) is 2. The number of piperidine rings is 1. The van der Waals surface area contributed by atoms with E-state index in [1.54, 1.807) is 13.8 Å². The van der Waals surface area contributed by atoms with E-state index < -0.39 is 17.9 Å². The van der Waals surface area contributed by atoms with Crippen LogP contribution >= 0.6 is 0 Å². The van der Waals surface area contributed by atoms with Crippen LogP contribution in [0.1, 0.15) is 26.7 Å². The van der Waals surface area contributed by atoms with Gasteiger partial charge in [0.1, 0.15) is 11.7 Å². The number of amides is 1. The monoisotopic (exact) mass is 316 g/mol. The number of carbonyl (C=O) groups excluding carboxylic acids is 1. The summed E-state index contributed by atoms with van der Waals surface area (Å²) in [5.74, 6) is 0. The lowest BCUT2D eigenvalue weighted by molar-refractivity contribution is -0.532. The molecule has 0 radical (unpaired) electrons. The standard InChI is InChI=1S/C13H24N4O5/c1-13(2,22-12(14)18)10-8-16(5-6-21-10)9-3-4-11(15-7-9)17(19)20/h9-11,15H,3-8H2,1-2H3,(H2,14,18). The second kappa shape index (κ2) is 6.76. The number of ether oxygens (including phenoxy) is 2. The van der Waals surface area contributed by atoms with E-state index in [1.165, 1.54) is 0 Å². The van der Waals surface area contributed by atoms with Gasteiger partial charge in [0.05, 0.1) is 6.61 Å². The van der Waals surface area contributed by atoms with Crippen LogP contribution in [-0.4, -0.2) is 66.1 Å². The van der Waals surface area contributed by atoms with E-state index in [0.29, 0.717) is 26.1 Å². The van der Waals surface area contributed by atoms with E-state index in [4.69, 9.17) is 15.2 Å². The fourth-order valence-electron chi connectivity index (χ4n) is 3.06. The number of hydrogen-bond acceptors (Lipinski definition) is 7. The highest BCUT2D eigenvalue weighted by Crippen LogP contribution is 2.25. The molecule has 0 spiro atoms. The fourth-order valence-corrected chi connectivity index (χ4v) is 3.06. The molecule has 9 nitrogen and oxygen atoms in total. The first-order valence-corrected chi connectivity index (χ1v) is 7.50. The molecule has 9 heteroatoms. The SMILES string of the molecule is CC(C)(OC(N)=O)C1CN(C2CCC([N+](=O)[O-])NC2)CCO1. The van der Waals surface area contributed by atoms with Gasteiger partial charge in [0.25, 0.3) is 6.17 Å². The van der Waals surface area contributed by atoms with Gasteiger partial charge in [0, 0.05) is 37.0 Å². The van der Waals surface area contributed by atoms with Crippen LogP contribution in [0.25, 0.3) is 0 Å². The van der Waals surface area contributed by atoms with Crippen LogP contribution in [0.5, 0.6) is 0 Å². The Hall–Kier alpha value is -1.45. The van der Waals surface area contributed by atoms with Gasteiger partial charge in [-0.25, -0.2) is 4.79 Å². The van der Waals surface area contributed by atoms with Gasteiger partial charge >= 0.3 is 6.09 Å². The summed E-state index contributed by atoms with van der Waals surface area (Å²) in [5.41, 5.74) is 4.29. The number of nitro groups is 1. The van der Waals surface area contributed by atoms with Crippen LogP contribution in [-0.2, 0) is 9.47 Å². The number of rotatable bonds is 4. The lowest BCUT2D eigenvalue weighted by atomic mass is 9.97. The third-order valence-corrected chi connectivity index (χ3v) is 4.37. The molecule has 0 bridgehead atoms. The summed E-state index contributed by atoms with van der Waals surface area (Å²) >= 11 is 0. The van der Waals surface area contributed by atoms with Crippen molar-refractivity contribution in [3.63, 3.8) is 0 Å². The molecule has 22 heavy (non-hydrogen) atoms. The normalized spacial score (nSPS) is 30.7. The molecule has 2 rings (SSSR count). The van der Waals surface area contributed by atoms with Crippen LogP contribution < -0.4 is 11.1 Å². The highest BCUT2D eigenvalue weighted by Gasteiger charge is 2.40. The molecule has 3 unspecified atom stereocenters. The Balaban J connectivity index is 1.91. The van der Waals surface area contributed by atoms with Crippen molar-refractivity contribution in [3.8, 4) is 0 Å². The molecule has 0 saturated carbocycles. The number of nitrogens with two attached hydrogens (primary N) is 1. The van der Waals surface area contributed by atoms with Crippen molar-refractivity contribution in [2.45, 2.75) is 50.6 Å². The first-order valence-electron chi connectivity index (χ1n) is 7.50. The van der Waals surface area contributed by atoms with Gasteiger partial charge in [0.15, 0.2) is 0 Å². The van der Waals surface area contributed by atoms with E-state index in [1.807, 2.05) is 0 Å². The first-order chi connectivity index (χ1) is 10.3. The summed E-state index contributed by atoms with van der Waals surface area (Å²) in [4.78, 5) is 23.7. The minimum Gasteiger partial charge on any atom is -0.441 e. The molecule has 2 heterocycles. The molecule has 3 atom stereocenters. The molecule has 0 aromatic carbocycles. The van der Waals surface area contributed by atoms with E-state index in [-0.39, 0.29) is 17.1 Å². The lowest BCUT2D eigenvalue weighted by Gasteiger charge is -2.44. The predicted octanol–water partition coefficient (Wildman–Crippen LogP) is -0.0841. The average molecular weight is 316 g/mol. The second-order valence-electron chi connectivity index (χ2n) is 6.32. The van der Waals surface area contributed by atoms with E-state index in [2.05, 4.69) is 10.2 Å². The van der Waals surface area contributed by atoms with Crippen molar-refractivity contribution in [3.05, 3.63) is 10.1 Å². The van der Waals surface area contributed by atoms with E-state index in [0.717, 1.165) is 13.0 Å². The van der Waals surface area contributed by atoms with Crippen LogP contribution in [0.4, 0.5) is 4.79 Å². The van der Waals surface area contributed by atoms with Crippen molar-refractivity contribution < 1.29 is 19.2 Å². The van der Waals surface area contributed by atoms with Gasteiger partial charge in [-0.1, -0.05) is 0 Å². The van der Waals surface area contributed by atoms with Gasteiger partial charge in [-0.05, 0) is 20.3 Å². The minimum atomic E-state index is -0.820. The van der Waals surface area contributed by atoms with Crippen molar-refractivity contribution in [2.75, 3.05) is 26.2 Å². The molecular weight excluding hydrogens is 292 g/mol. The minimum absolute atomic E-state index is 0.229. The molecule has 2 fully saturated rings. The molecular formula is C13H24N4O5. The number of morpholine rings is 1. The smallest absolute Gasteiger partial charge is 0.405 e. The third kappa shape index (κ3) is 4.05. The maximum atomic E-state index is 11.0. The Labute approximate surface area is 129 Å². The zero-order valence-electron chi connectivity index (χ0n) is 13.0. The number of carbonyl (C=O) groups is 1. The van der Waals surface area contributed by atoms with E-state index in [9.17, 15) is 14.9 Å². The second-order valence-corrected chi connectivity index (χ2v) is 6.32. The zero-order chi connectivity index (χ0) is 16.3. The average Bonchev–Trinajstić information content (AvgIpc) is 2.46. The van der Waals surface area contributed by atoms with Crippen LogP contribution in [0.2, 0.25) is 0 Å². The first kappa shape index (κ1) is 16.9. The summed E-state index contributed by atoms with van der Waals surface area (Å²) in [5, 5.41) is 13.7. The summed E-state index contributed by atoms with van der Waals surface area (Å²) in [6.07, 6.45) is -0.466. The Morgan fingerprint density at radius 2 is 2.23 bits per heavy atom. The van der Waals surface area contributed by atoms with Gasteiger partial charge in [-0.2, -0.15) is 0 Å². The molecule has 2 aliphatic rings. The van der Waals surface area contributed by atoms with Crippen molar-refractivity contribution in [1.29, 1.82) is 0 Å². The number of hydrogen-bond donors (Lipinski definition) is 2. The summed E-state index contributed by atoms with van der Waals surface area (Å²) < 4.78 is 10.9. The predicted molar refractivity (Wildman–Crippen MR) is 77.9 cm³/mol. The van der Waals surface area contributed by atoms with Crippen molar-refractivity contribution in [2.24, 2.45) is 5.73 Å². The van der Waals surface area contributed by atoms with Gasteiger partial charge < -0.3 is 15.2 Å². The molecule has 2 aliphatic heterocycles.